The molecule has 0 N–H and O–H groups in total. The van der Waals surface area contributed by atoms with E-state index in [9.17, 15) is 0 Å². The second kappa shape index (κ2) is 9.62. The van der Waals surface area contributed by atoms with Crippen LogP contribution in [0.5, 0.6) is 0 Å². The molecule has 1 aliphatic rings. The number of fused-ring (bicyclic) bond motifs is 11. The van der Waals surface area contributed by atoms with Crippen LogP contribution in [0.15, 0.2) is 152 Å². The molecule has 0 atom stereocenters. The van der Waals surface area contributed by atoms with Crippen molar-refractivity contribution >= 4 is 31.6 Å². The Labute approximate surface area is 254 Å². The molecule has 0 radical (unpaired) electrons. The maximum absolute atomic E-state index is 4.68. The standard InChI is InChI=1S/C41H25NS/c1-2-13-31-30(12-1)32-14-3-4-16-34(32)36-22-21-27(25-38(36)35-17-6-5-15-33(31)35)26-10-7-11-28(24-26)29-18-8-19-37-40-39(43-41(29)37)20-9-23-42-40/h1-25H. The first kappa shape index (κ1) is 24.3. The van der Waals surface area contributed by atoms with Crippen molar-refractivity contribution in [2.24, 2.45) is 0 Å². The summed E-state index contributed by atoms with van der Waals surface area (Å²) in [5, 5.41) is 1.22. The number of hydrogen-bond acceptors (Lipinski definition) is 2. The van der Waals surface area contributed by atoms with E-state index in [-0.39, 0.29) is 0 Å². The number of hydrogen-bond donors (Lipinski definition) is 0. The lowest BCUT2D eigenvalue weighted by Crippen LogP contribution is -1.97. The predicted molar refractivity (Wildman–Crippen MR) is 183 cm³/mol. The average molecular weight is 564 g/mol. The van der Waals surface area contributed by atoms with Crippen LogP contribution in [0.1, 0.15) is 0 Å². The first-order chi connectivity index (χ1) is 21.3. The number of pyridine rings is 1. The van der Waals surface area contributed by atoms with Crippen molar-refractivity contribution in [3.8, 4) is 66.8 Å². The molecule has 6 aromatic carbocycles. The van der Waals surface area contributed by atoms with Gasteiger partial charge in [0.25, 0.3) is 0 Å². The second-order valence-corrected chi connectivity index (χ2v) is 12.2. The van der Waals surface area contributed by atoms with Crippen LogP contribution >= 0.6 is 11.3 Å². The van der Waals surface area contributed by atoms with Crippen molar-refractivity contribution < 1.29 is 0 Å². The summed E-state index contributed by atoms with van der Waals surface area (Å²) >= 11 is 1.83. The summed E-state index contributed by atoms with van der Waals surface area (Å²) in [6.07, 6.45) is 1.89. The van der Waals surface area contributed by atoms with Crippen LogP contribution in [0.2, 0.25) is 0 Å². The van der Waals surface area contributed by atoms with Gasteiger partial charge in [-0.1, -0.05) is 121 Å². The van der Waals surface area contributed by atoms with Crippen molar-refractivity contribution in [2.75, 3.05) is 0 Å². The van der Waals surface area contributed by atoms with Crippen LogP contribution in [0.4, 0.5) is 0 Å². The summed E-state index contributed by atoms with van der Waals surface area (Å²) in [4.78, 5) is 4.68. The zero-order valence-corrected chi connectivity index (χ0v) is 24.1. The maximum Gasteiger partial charge on any atom is 0.0888 e. The Balaban J connectivity index is 1.25. The average Bonchev–Trinajstić information content (AvgIpc) is 3.47. The Morgan fingerprint density at radius 1 is 0.372 bits per heavy atom. The van der Waals surface area contributed by atoms with Gasteiger partial charge in [-0.15, -0.1) is 11.3 Å². The van der Waals surface area contributed by atoms with Crippen LogP contribution in [0.25, 0.3) is 87.1 Å². The van der Waals surface area contributed by atoms with Crippen LogP contribution in [-0.4, -0.2) is 4.98 Å². The van der Waals surface area contributed by atoms with E-state index >= 15 is 0 Å². The number of nitrogens with zero attached hydrogens (tertiary/aromatic N) is 1. The summed E-state index contributed by atoms with van der Waals surface area (Å²) in [5.41, 5.74) is 16.1. The van der Waals surface area contributed by atoms with E-state index < -0.39 is 0 Å². The topological polar surface area (TPSA) is 12.9 Å². The lowest BCUT2D eigenvalue weighted by atomic mass is 9.80. The highest BCUT2D eigenvalue weighted by atomic mass is 32.1. The molecule has 200 valence electrons. The van der Waals surface area contributed by atoms with Gasteiger partial charge in [0.1, 0.15) is 0 Å². The van der Waals surface area contributed by atoms with E-state index in [0.29, 0.717) is 0 Å². The van der Waals surface area contributed by atoms with E-state index in [1.54, 1.807) is 0 Å². The minimum Gasteiger partial charge on any atom is -0.255 e. The zero-order chi connectivity index (χ0) is 28.3. The Kier molecular flexibility index (Phi) is 5.44. The van der Waals surface area contributed by atoms with E-state index in [2.05, 4.69) is 145 Å². The molecular weight excluding hydrogens is 539 g/mol. The maximum atomic E-state index is 4.68. The Morgan fingerprint density at radius 3 is 1.58 bits per heavy atom. The number of rotatable bonds is 2. The van der Waals surface area contributed by atoms with Crippen LogP contribution < -0.4 is 0 Å². The molecule has 0 saturated heterocycles. The third kappa shape index (κ3) is 3.81. The molecule has 2 heteroatoms. The molecule has 0 amide bonds. The van der Waals surface area contributed by atoms with Crippen molar-refractivity contribution in [3.05, 3.63) is 152 Å². The largest absolute Gasteiger partial charge is 0.255 e. The van der Waals surface area contributed by atoms with Gasteiger partial charge in [-0.25, -0.2) is 0 Å². The van der Waals surface area contributed by atoms with Gasteiger partial charge in [0.2, 0.25) is 0 Å². The van der Waals surface area contributed by atoms with Gasteiger partial charge in [0.15, 0.2) is 0 Å². The fourth-order valence-electron chi connectivity index (χ4n) is 6.75. The molecule has 43 heavy (non-hydrogen) atoms. The number of thiophene rings is 1. The monoisotopic (exact) mass is 563 g/mol. The molecule has 1 aliphatic carbocycles. The minimum absolute atomic E-state index is 1.09. The number of aromatic nitrogens is 1. The van der Waals surface area contributed by atoms with E-state index in [0.717, 1.165) is 5.52 Å². The molecule has 0 bridgehead atoms. The molecule has 8 aromatic rings. The summed E-state index contributed by atoms with van der Waals surface area (Å²) in [6, 6.07) is 53.2. The summed E-state index contributed by atoms with van der Waals surface area (Å²) < 4.78 is 2.51. The van der Waals surface area contributed by atoms with Crippen molar-refractivity contribution in [2.45, 2.75) is 0 Å². The van der Waals surface area contributed by atoms with Crippen molar-refractivity contribution in [3.63, 3.8) is 0 Å². The molecule has 0 fully saturated rings. The van der Waals surface area contributed by atoms with Crippen molar-refractivity contribution in [1.29, 1.82) is 0 Å². The molecular formula is C41H25NS. The van der Waals surface area contributed by atoms with Crippen LogP contribution in [-0.2, 0) is 0 Å². The van der Waals surface area contributed by atoms with Crippen molar-refractivity contribution in [1.82, 2.24) is 4.98 Å². The molecule has 0 aliphatic heterocycles. The highest BCUT2D eigenvalue weighted by molar-refractivity contribution is 7.26. The molecule has 0 saturated carbocycles. The highest BCUT2D eigenvalue weighted by Crippen LogP contribution is 2.48. The normalized spacial score (nSPS) is 11.7. The first-order valence-corrected chi connectivity index (χ1v) is 15.4. The summed E-state index contributed by atoms with van der Waals surface area (Å²) in [7, 11) is 0. The fourth-order valence-corrected chi connectivity index (χ4v) is 7.95. The highest BCUT2D eigenvalue weighted by Gasteiger charge is 2.22. The zero-order valence-electron chi connectivity index (χ0n) is 23.3. The van der Waals surface area contributed by atoms with Crippen LogP contribution in [0, 0.1) is 0 Å². The van der Waals surface area contributed by atoms with E-state index in [1.807, 2.05) is 23.6 Å². The Bertz CT molecular complexity index is 2350. The smallest absolute Gasteiger partial charge is 0.0888 e. The van der Waals surface area contributed by atoms with E-state index in [4.69, 9.17) is 0 Å². The second-order valence-electron chi connectivity index (χ2n) is 11.1. The summed E-state index contributed by atoms with van der Waals surface area (Å²) in [6.45, 7) is 0. The SMILES string of the molecule is c1cc(-c2ccc3c(c2)-c2ccccc2-c2ccccc2-c2ccccc2-3)cc(-c2cccc3c2sc2cccnc23)c1. The van der Waals surface area contributed by atoms with Gasteiger partial charge >= 0.3 is 0 Å². The lowest BCUT2D eigenvalue weighted by molar-refractivity contribution is 1.44. The van der Waals surface area contributed by atoms with E-state index in [1.165, 1.54) is 81.5 Å². The molecule has 9 rings (SSSR count). The fraction of sp³-hybridized carbons (Fsp3) is 0. The molecule has 2 heterocycles. The predicted octanol–water partition coefficient (Wildman–Crippen LogP) is 11.8. The third-order valence-corrected chi connectivity index (χ3v) is 9.91. The quantitative estimate of drug-likeness (QED) is 0.204. The summed E-state index contributed by atoms with van der Waals surface area (Å²) in [5.74, 6) is 0. The molecule has 0 spiro atoms. The van der Waals surface area contributed by atoms with Gasteiger partial charge in [0, 0.05) is 16.3 Å². The van der Waals surface area contributed by atoms with Crippen LogP contribution in [0.3, 0.4) is 0 Å². The van der Waals surface area contributed by atoms with Gasteiger partial charge in [-0.3, -0.25) is 4.98 Å². The lowest BCUT2D eigenvalue weighted by Gasteiger charge is -2.23. The molecule has 1 nitrogen and oxygen atoms in total. The van der Waals surface area contributed by atoms with Gasteiger partial charge in [0.05, 0.1) is 10.2 Å². The third-order valence-electron chi connectivity index (χ3n) is 8.72. The van der Waals surface area contributed by atoms with Gasteiger partial charge in [-0.05, 0) is 91.0 Å². The van der Waals surface area contributed by atoms with Gasteiger partial charge in [-0.2, -0.15) is 0 Å². The number of benzene rings is 6. The Morgan fingerprint density at radius 2 is 0.907 bits per heavy atom. The Hall–Kier alpha value is -5.31. The van der Waals surface area contributed by atoms with Gasteiger partial charge < -0.3 is 0 Å². The molecule has 0 unspecified atom stereocenters. The minimum atomic E-state index is 1.09. The molecule has 2 aromatic heterocycles. The first-order valence-electron chi connectivity index (χ1n) is 14.6.